The predicted octanol–water partition coefficient (Wildman–Crippen LogP) is 4.67. The quantitative estimate of drug-likeness (QED) is 0.716. The number of benzene rings is 1. The van der Waals surface area contributed by atoms with Crippen LogP contribution < -0.4 is 5.43 Å². The number of aryl methyl sites for hydroxylation is 1. The lowest BCUT2D eigenvalue weighted by atomic mass is 9.79. The summed E-state index contributed by atoms with van der Waals surface area (Å²) in [5.74, 6) is -0.529. The van der Waals surface area contributed by atoms with Crippen LogP contribution in [0.3, 0.4) is 0 Å². The smallest absolute Gasteiger partial charge is 0.341 e. The molecule has 0 saturated carbocycles. The van der Waals surface area contributed by atoms with Gasteiger partial charge in [-0.1, -0.05) is 39.8 Å². The summed E-state index contributed by atoms with van der Waals surface area (Å²) in [6.45, 7) is 8.48. The molecular weight excluding hydrogens is 342 g/mol. The Morgan fingerprint density at radius 2 is 2.04 bits per heavy atom. The summed E-state index contributed by atoms with van der Waals surface area (Å²) in [5, 5.41) is 10.5. The minimum atomic E-state index is -1.20. The molecule has 1 N–H and O–H groups in total. The minimum absolute atomic E-state index is 0.0188. The highest BCUT2D eigenvalue weighted by molar-refractivity contribution is 5.90. The number of furan rings is 1. The number of pyridine rings is 1. The molecule has 3 heterocycles. The second-order valence-corrected chi connectivity index (χ2v) is 8.33. The number of hydrogen-bond donors (Lipinski definition) is 1. The number of rotatable bonds is 2. The van der Waals surface area contributed by atoms with Crippen LogP contribution in [-0.2, 0) is 12.8 Å². The van der Waals surface area contributed by atoms with E-state index in [-0.39, 0.29) is 17.0 Å². The Morgan fingerprint density at radius 3 is 2.67 bits per heavy atom. The van der Waals surface area contributed by atoms with Crippen LogP contribution in [0.2, 0.25) is 0 Å². The third kappa shape index (κ3) is 2.69. The van der Waals surface area contributed by atoms with Gasteiger partial charge in [0.1, 0.15) is 11.1 Å². The molecule has 1 aliphatic heterocycles. The largest absolute Gasteiger partial charge is 0.477 e. The Hall–Kier alpha value is -2.82. The van der Waals surface area contributed by atoms with E-state index in [1.807, 2.05) is 10.6 Å². The molecule has 140 valence electrons. The van der Waals surface area contributed by atoms with Crippen molar-refractivity contribution >= 4 is 16.9 Å². The average molecular weight is 365 g/mol. The van der Waals surface area contributed by atoms with Crippen LogP contribution >= 0.6 is 0 Å². The van der Waals surface area contributed by atoms with Gasteiger partial charge in [0, 0.05) is 29.3 Å². The van der Waals surface area contributed by atoms with Crippen LogP contribution in [-0.4, -0.2) is 15.6 Å². The van der Waals surface area contributed by atoms with Crippen molar-refractivity contribution in [2.24, 2.45) is 5.41 Å². The second kappa shape index (κ2) is 5.84. The van der Waals surface area contributed by atoms with Crippen molar-refractivity contribution in [3.05, 3.63) is 57.4 Å². The molecule has 1 aromatic carbocycles. The van der Waals surface area contributed by atoms with Gasteiger partial charge >= 0.3 is 5.97 Å². The van der Waals surface area contributed by atoms with Crippen molar-refractivity contribution in [2.75, 3.05) is 0 Å². The Labute approximate surface area is 157 Å². The topological polar surface area (TPSA) is 72.4 Å². The lowest BCUT2D eigenvalue weighted by Crippen LogP contribution is -2.32. The van der Waals surface area contributed by atoms with Crippen molar-refractivity contribution in [1.29, 1.82) is 0 Å². The van der Waals surface area contributed by atoms with Gasteiger partial charge in [0.05, 0.1) is 5.69 Å². The third-order valence-electron chi connectivity index (χ3n) is 5.54. The molecule has 2 aromatic heterocycles. The summed E-state index contributed by atoms with van der Waals surface area (Å²) < 4.78 is 8.08. The van der Waals surface area contributed by atoms with Crippen molar-refractivity contribution in [3.8, 4) is 11.5 Å². The lowest BCUT2D eigenvalue weighted by Gasteiger charge is -2.37. The molecular formula is C22H23NO4. The highest BCUT2D eigenvalue weighted by atomic mass is 16.4. The van der Waals surface area contributed by atoms with Crippen LogP contribution in [0, 0.1) is 5.41 Å². The Bertz CT molecular complexity index is 1130. The van der Waals surface area contributed by atoms with Gasteiger partial charge in [-0.15, -0.1) is 0 Å². The highest BCUT2D eigenvalue weighted by Crippen LogP contribution is 2.46. The van der Waals surface area contributed by atoms with Gasteiger partial charge in [-0.05, 0) is 29.9 Å². The van der Waals surface area contributed by atoms with Gasteiger partial charge in [-0.2, -0.15) is 0 Å². The van der Waals surface area contributed by atoms with E-state index < -0.39 is 11.4 Å². The first kappa shape index (κ1) is 17.6. The van der Waals surface area contributed by atoms with E-state index in [2.05, 4.69) is 39.8 Å². The first-order chi connectivity index (χ1) is 12.7. The number of fused-ring (bicyclic) bond motifs is 5. The van der Waals surface area contributed by atoms with E-state index in [1.54, 1.807) is 0 Å². The van der Waals surface area contributed by atoms with Crippen LogP contribution in [0.25, 0.3) is 22.4 Å². The SMILES string of the molecule is CCc1ccc2c3c(oc2c1)-c1cc(=O)c(C(=O)O)cn1[C@H](C(C)(C)C)C3. The molecule has 0 bridgehead atoms. The van der Waals surface area contributed by atoms with Crippen molar-refractivity contribution < 1.29 is 14.3 Å². The van der Waals surface area contributed by atoms with E-state index in [0.29, 0.717) is 11.5 Å². The van der Waals surface area contributed by atoms with Crippen LogP contribution in [0.1, 0.15) is 55.2 Å². The maximum atomic E-state index is 12.4. The van der Waals surface area contributed by atoms with E-state index >= 15 is 0 Å². The maximum Gasteiger partial charge on any atom is 0.341 e. The number of carbonyl (C=O) groups is 1. The van der Waals surface area contributed by atoms with Crippen LogP contribution in [0.15, 0.2) is 39.7 Å². The third-order valence-corrected chi connectivity index (χ3v) is 5.54. The van der Waals surface area contributed by atoms with E-state index in [4.69, 9.17) is 4.42 Å². The van der Waals surface area contributed by atoms with Gasteiger partial charge in [0.25, 0.3) is 0 Å². The molecule has 0 spiro atoms. The Morgan fingerprint density at radius 1 is 1.30 bits per heavy atom. The fourth-order valence-electron chi connectivity index (χ4n) is 3.99. The first-order valence-corrected chi connectivity index (χ1v) is 9.25. The number of aromatic nitrogens is 1. The van der Waals surface area contributed by atoms with Crippen molar-refractivity contribution in [3.63, 3.8) is 0 Å². The number of hydrogen-bond acceptors (Lipinski definition) is 3. The summed E-state index contributed by atoms with van der Waals surface area (Å²) in [4.78, 5) is 23.9. The molecule has 27 heavy (non-hydrogen) atoms. The summed E-state index contributed by atoms with van der Waals surface area (Å²) in [5.41, 5.74) is 2.93. The zero-order chi connectivity index (χ0) is 19.5. The summed E-state index contributed by atoms with van der Waals surface area (Å²) in [7, 11) is 0. The average Bonchev–Trinajstić information content (AvgIpc) is 2.97. The zero-order valence-corrected chi connectivity index (χ0v) is 16.0. The summed E-state index contributed by atoms with van der Waals surface area (Å²) in [6.07, 6.45) is 3.12. The highest BCUT2D eigenvalue weighted by Gasteiger charge is 2.36. The summed E-state index contributed by atoms with van der Waals surface area (Å²) in [6, 6.07) is 7.68. The normalized spacial score (nSPS) is 16.2. The van der Waals surface area contributed by atoms with Crippen molar-refractivity contribution in [1.82, 2.24) is 4.57 Å². The molecule has 0 aliphatic carbocycles. The maximum absolute atomic E-state index is 12.4. The number of carboxylic acids is 1. The van der Waals surface area contributed by atoms with Crippen molar-refractivity contribution in [2.45, 2.75) is 46.6 Å². The molecule has 3 aromatic rings. The van der Waals surface area contributed by atoms with E-state index in [0.717, 1.165) is 29.4 Å². The first-order valence-electron chi connectivity index (χ1n) is 9.25. The van der Waals surface area contributed by atoms with Gasteiger partial charge in [0.15, 0.2) is 11.2 Å². The fourth-order valence-corrected chi connectivity index (χ4v) is 3.99. The second-order valence-electron chi connectivity index (χ2n) is 8.33. The summed E-state index contributed by atoms with van der Waals surface area (Å²) >= 11 is 0. The predicted molar refractivity (Wildman–Crippen MR) is 104 cm³/mol. The van der Waals surface area contributed by atoms with Crippen LogP contribution in [0.4, 0.5) is 0 Å². The molecule has 0 fully saturated rings. The molecule has 4 rings (SSSR count). The van der Waals surface area contributed by atoms with Gasteiger partial charge < -0.3 is 14.1 Å². The van der Waals surface area contributed by atoms with Crippen LogP contribution in [0.5, 0.6) is 0 Å². The minimum Gasteiger partial charge on any atom is -0.477 e. The molecule has 5 nitrogen and oxygen atoms in total. The molecule has 0 unspecified atom stereocenters. The lowest BCUT2D eigenvalue weighted by molar-refractivity contribution is 0.0693. The standard InChI is InChI=1S/C22H23NO4/c1-5-12-6-7-13-14-9-19(22(2,3)4)23-11-15(21(25)26)17(24)10-16(23)20(14)27-18(13)8-12/h6-8,10-11,19H,5,9H2,1-4H3,(H,25,26)/t19-/m0/s1. The molecule has 0 radical (unpaired) electrons. The Balaban J connectivity index is 2.04. The number of carboxylic acid groups (broad SMARTS) is 1. The van der Waals surface area contributed by atoms with Gasteiger partial charge in [-0.3, -0.25) is 4.79 Å². The van der Waals surface area contributed by atoms with E-state index in [1.165, 1.54) is 17.8 Å². The van der Waals surface area contributed by atoms with Gasteiger partial charge in [0.2, 0.25) is 0 Å². The van der Waals surface area contributed by atoms with E-state index in [9.17, 15) is 14.7 Å². The molecule has 0 saturated heterocycles. The molecule has 5 heteroatoms. The molecule has 1 atom stereocenters. The fraction of sp³-hybridized carbons (Fsp3) is 0.364. The number of aromatic carboxylic acids is 1. The molecule has 0 amide bonds. The van der Waals surface area contributed by atoms with Gasteiger partial charge in [-0.25, -0.2) is 4.79 Å². The molecule has 1 aliphatic rings. The number of nitrogens with zero attached hydrogens (tertiary/aromatic N) is 1. The zero-order valence-electron chi connectivity index (χ0n) is 16.0. The monoisotopic (exact) mass is 365 g/mol. The Kier molecular flexibility index (Phi) is 3.81.